The molecule has 0 atom stereocenters. The van der Waals surface area contributed by atoms with Gasteiger partial charge in [0.2, 0.25) is 0 Å². The van der Waals surface area contributed by atoms with Crippen LogP contribution < -0.4 is 0 Å². The zero-order chi connectivity index (χ0) is 13.1. The van der Waals surface area contributed by atoms with Gasteiger partial charge in [-0.05, 0) is 36.3 Å². The monoisotopic (exact) mass is 278 g/mol. The van der Waals surface area contributed by atoms with E-state index in [9.17, 15) is 9.90 Å². The molecule has 2 nitrogen and oxygen atoms in total. The van der Waals surface area contributed by atoms with Gasteiger partial charge in [0.05, 0.1) is 9.91 Å². The second kappa shape index (κ2) is 5.38. The van der Waals surface area contributed by atoms with E-state index in [4.69, 9.17) is 11.6 Å². The number of benzene rings is 1. The fourth-order valence-electron chi connectivity index (χ4n) is 1.60. The summed E-state index contributed by atoms with van der Waals surface area (Å²) in [6, 6.07) is 11.1. The number of aliphatic carboxylic acids is 1. The second-order valence-electron chi connectivity index (χ2n) is 3.82. The van der Waals surface area contributed by atoms with Gasteiger partial charge in [0.15, 0.2) is 0 Å². The summed E-state index contributed by atoms with van der Waals surface area (Å²) in [6.45, 7) is 1.95. The molecule has 0 amide bonds. The molecule has 2 aromatic rings. The fourth-order valence-corrected chi connectivity index (χ4v) is 2.65. The van der Waals surface area contributed by atoms with Gasteiger partial charge in [-0.1, -0.05) is 35.9 Å². The lowest BCUT2D eigenvalue weighted by molar-refractivity contribution is -0.130. The number of hydrogen-bond donors (Lipinski definition) is 1. The van der Waals surface area contributed by atoms with Crippen molar-refractivity contribution in [3.8, 4) is 0 Å². The summed E-state index contributed by atoms with van der Waals surface area (Å²) >= 11 is 7.11. The summed E-state index contributed by atoms with van der Waals surface area (Å²) in [4.78, 5) is 12.0. The summed E-state index contributed by atoms with van der Waals surface area (Å²) in [6.07, 6.45) is 1.68. The van der Waals surface area contributed by atoms with Gasteiger partial charge in [0.25, 0.3) is 0 Å². The summed E-state index contributed by atoms with van der Waals surface area (Å²) in [7, 11) is 0. The topological polar surface area (TPSA) is 37.3 Å². The van der Waals surface area contributed by atoms with Gasteiger partial charge < -0.3 is 5.11 Å². The molecule has 0 unspecified atom stereocenters. The summed E-state index contributed by atoms with van der Waals surface area (Å²) in [5, 5.41) is 9.28. The number of carboxylic acids is 1. The van der Waals surface area contributed by atoms with Crippen LogP contribution in [-0.4, -0.2) is 11.1 Å². The van der Waals surface area contributed by atoms with Crippen LogP contribution in [0.2, 0.25) is 4.34 Å². The Labute approximate surface area is 114 Å². The molecule has 0 bridgehead atoms. The van der Waals surface area contributed by atoms with Crippen molar-refractivity contribution in [3.63, 3.8) is 0 Å². The number of thiophene rings is 1. The van der Waals surface area contributed by atoms with Crippen LogP contribution in [0.25, 0.3) is 11.6 Å². The first kappa shape index (κ1) is 12.9. The Bertz CT molecular complexity index is 614. The minimum absolute atomic E-state index is 0.265. The third-order valence-corrected chi connectivity index (χ3v) is 3.82. The lowest BCUT2D eigenvalue weighted by atomic mass is 10.1. The summed E-state index contributed by atoms with van der Waals surface area (Å²) in [5.74, 6) is -0.947. The molecule has 1 aromatic carbocycles. The van der Waals surface area contributed by atoms with Crippen LogP contribution in [0.3, 0.4) is 0 Å². The van der Waals surface area contributed by atoms with E-state index < -0.39 is 5.97 Å². The predicted molar refractivity (Wildman–Crippen MR) is 76.0 cm³/mol. The molecule has 0 fully saturated rings. The quantitative estimate of drug-likeness (QED) is 0.848. The highest BCUT2D eigenvalue weighted by Crippen LogP contribution is 2.29. The minimum atomic E-state index is -0.947. The first-order chi connectivity index (χ1) is 8.58. The molecule has 4 heteroatoms. The first-order valence-corrected chi connectivity index (χ1v) is 6.53. The van der Waals surface area contributed by atoms with Crippen molar-refractivity contribution in [2.24, 2.45) is 0 Å². The van der Waals surface area contributed by atoms with E-state index in [0.717, 1.165) is 11.1 Å². The predicted octanol–water partition coefficient (Wildman–Crippen LogP) is 4.34. The average molecular weight is 279 g/mol. The Morgan fingerprint density at radius 2 is 2.00 bits per heavy atom. The number of rotatable bonds is 3. The molecule has 0 aliphatic heterocycles. The zero-order valence-corrected chi connectivity index (χ0v) is 11.3. The normalized spacial score (nSPS) is 11.6. The zero-order valence-electron chi connectivity index (χ0n) is 9.68. The van der Waals surface area contributed by atoms with E-state index in [1.54, 1.807) is 18.2 Å². The summed E-state index contributed by atoms with van der Waals surface area (Å²) < 4.78 is 0.585. The number of hydrogen-bond acceptors (Lipinski definition) is 2. The number of carbonyl (C=O) groups is 1. The lowest BCUT2D eigenvalue weighted by Crippen LogP contribution is -1.98. The minimum Gasteiger partial charge on any atom is -0.478 e. The first-order valence-electron chi connectivity index (χ1n) is 5.34. The van der Waals surface area contributed by atoms with Crippen LogP contribution in [0.5, 0.6) is 0 Å². The van der Waals surface area contributed by atoms with Crippen molar-refractivity contribution in [2.75, 3.05) is 0 Å². The maximum absolute atomic E-state index is 11.3. The molecule has 0 saturated carbocycles. The largest absolute Gasteiger partial charge is 0.478 e. The van der Waals surface area contributed by atoms with Gasteiger partial charge in [0.1, 0.15) is 0 Å². The smallest absolute Gasteiger partial charge is 0.337 e. The van der Waals surface area contributed by atoms with Gasteiger partial charge in [-0.15, -0.1) is 11.3 Å². The summed E-state index contributed by atoms with van der Waals surface area (Å²) in [5.41, 5.74) is 2.21. The highest BCUT2D eigenvalue weighted by molar-refractivity contribution is 7.17. The van der Waals surface area contributed by atoms with Crippen molar-refractivity contribution >= 4 is 40.6 Å². The van der Waals surface area contributed by atoms with Crippen molar-refractivity contribution in [1.82, 2.24) is 0 Å². The Morgan fingerprint density at radius 1 is 1.28 bits per heavy atom. The van der Waals surface area contributed by atoms with Gasteiger partial charge in [0, 0.05) is 4.88 Å². The Kier molecular flexibility index (Phi) is 3.84. The Hall–Kier alpha value is -1.58. The van der Waals surface area contributed by atoms with Gasteiger partial charge >= 0.3 is 5.97 Å². The van der Waals surface area contributed by atoms with Crippen molar-refractivity contribution in [1.29, 1.82) is 0 Å². The van der Waals surface area contributed by atoms with E-state index in [0.29, 0.717) is 9.21 Å². The van der Waals surface area contributed by atoms with E-state index in [1.165, 1.54) is 11.3 Å². The highest BCUT2D eigenvalue weighted by Gasteiger charge is 2.13. The van der Waals surface area contributed by atoms with Crippen molar-refractivity contribution < 1.29 is 9.90 Å². The second-order valence-corrected chi connectivity index (χ2v) is 5.54. The van der Waals surface area contributed by atoms with E-state index in [2.05, 4.69) is 0 Å². The molecule has 1 heterocycles. The van der Waals surface area contributed by atoms with Gasteiger partial charge in [-0.3, -0.25) is 0 Å². The molecular formula is C14H11ClO2S. The van der Waals surface area contributed by atoms with Crippen LogP contribution in [0.15, 0.2) is 36.4 Å². The van der Waals surface area contributed by atoms with E-state index >= 15 is 0 Å². The van der Waals surface area contributed by atoms with Crippen molar-refractivity contribution in [3.05, 3.63) is 56.7 Å². The molecule has 0 spiro atoms. The number of halogens is 1. The van der Waals surface area contributed by atoms with E-state index in [1.807, 2.05) is 31.2 Å². The third kappa shape index (κ3) is 2.81. The highest BCUT2D eigenvalue weighted by atomic mass is 35.5. The molecule has 0 aliphatic rings. The molecular weight excluding hydrogens is 268 g/mol. The fraction of sp³-hybridized carbons (Fsp3) is 0.0714. The maximum Gasteiger partial charge on any atom is 0.337 e. The average Bonchev–Trinajstić information content (AvgIpc) is 2.74. The molecule has 2 rings (SSSR count). The molecule has 18 heavy (non-hydrogen) atoms. The maximum atomic E-state index is 11.3. The van der Waals surface area contributed by atoms with Gasteiger partial charge in [-0.25, -0.2) is 4.79 Å². The SMILES string of the molecule is Cc1ccccc1/C=C(\C(=O)O)c1ccc(Cl)s1. The van der Waals surface area contributed by atoms with Crippen molar-refractivity contribution in [2.45, 2.75) is 6.92 Å². The number of carboxylic acid groups (broad SMARTS) is 1. The van der Waals surface area contributed by atoms with Crippen LogP contribution in [0.1, 0.15) is 16.0 Å². The van der Waals surface area contributed by atoms with Crippen LogP contribution in [0, 0.1) is 6.92 Å². The standard InChI is InChI=1S/C14H11ClO2S/c1-9-4-2-3-5-10(9)8-11(14(16)17)12-6-7-13(15)18-12/h2-8H,1H3,(H,16,17)/b11-8-. The van der Waals surface area contributed by atoms with Crippen LogP contribution in [-0.2, 0) is 4.79 Å². The number of aryl methyl sites for hydroxylation is 1. The molecule has 0 aliphatic carbocycles. The van der Waals surface area contributed by atoms with Crippen LogP contribution in [0.4, 0.5) is 0 Å². The van der Waals surface area contributed by atoms with Gasteiger partial charge in [-0.2, -0.15) is 0 Å². The van der Waals surface area contributed by atoms with Crippen LogP contribution >= 0.6 is 22.9 Å². The van der Waals surface area contributed by atoms with E-state index in [-0.39, 0.29) is 5.57 Å². The molecule has 92 valence electrons. The third-order valence-electron chi connectivity index (χ3n) is 2.56. The Balaban J connectivity index is 2.49. The molecule has 0 saturated heterocycles. The molecule has 0 radical (unpaired) electrons. The Morgan fingerprint density at radius 3 is 2.56 bits per heavy atom. The molecule has 1 N–H and O–H groups in total. The lowest BCUT2D eigenvalue weighted by Gasteiger charge is -2.02. The molecule has 1 aromatic heterocycles.